The predicted molar refractivity (Wildman–Crippen MR) is 95.7 cm³/mol. The van der Waals surface area contributed by atoms with Gasteiger partial charge in [0.15, 0.2) is 0 Å². The SMILES string of the molecule is CN(CC(=O)N[C@@H](C(N)=O)c1ccccc1)S(=O)(=O)c1ccc(Cl)s1. The van der Waals surface area contributed by atoms with Crippen molar-refractivity contribution in [3.63, 3.8) is 0 Å². The van der Waals surface area contributed by atoms with Crippen molar-refractivity contribution in [2.75, 3.05) is 13.6 Å². The second-order valence-electron chi connectivity index (χ2n) is 5.13. The van der Waals surface area contributed by atoms with Crippen LogP contribution in [-0.2, 0) is 19.6 Å². The summed E-state index contributed by atoms with van der Waals surface area (Å²) >= 11 is 6.65. The molecule has 1 aromatic carbocycles. The van der Waals surface area contributed by atoms with Gasteiger partial charge in [0.1, 0.15) is 10.3 Å². The highest BCUT2D eigenvalue weighted by Crippen LogP contribution is 2.27. The molecule has 2 aromatic rings. The van der Waals surface area contributed by atoms with E-state index < -0.39 is 34.4 Å². The molecular weight excluding hydrogens is 386 g/mol. The Morgan fingerprint density at radius 1 is 1.24 bits per heavy atom. The van der Waals surface area contributed by atoms with Gasteiger partial charge in [-0.3, -0.25) is 9.59 Å². The number of benzene rings is 1. The van der Waals surface area contributed by atoms with Crippen LogP contribution in [0.4, 0.5) is 0 Å². The van der Waals surface area contributed by atoms with E-state index in [4.69, 9.17) is 17.3 Å². The van der Waals surface area contributed by atoms with Crippen molar-refractivity contribution in [2.45, 2.75) is 10.3 Å². The summed E-state index contributed by atoms with van der Waals surface area (Å²) in [6, 6.07) is 10.2. The van der Waals surface area contributed by atoms with Crippen LogP contribution in [0.3, 0.4) is 0 Å². The summed E-state index contributed by atoms with van der Waals surface area (Å²) in [6.45, 7) is -0.464. The molecule has 2 rings (SSSR count). The highest BCUT2D eigenvalue weighted by Gasteiger charge is 2.27. The Labute approximate surface area is 154 Å². The van der Waals surface area contributed by atoms with E-state index in [1.165, 1.54) is 19.2 Å². The second kappa shape index (κ2) is 7.96. The third-order valence-electron chi connectivity index (χ3n) is 3.30. The second-order valence-corrected chi connectivity index (χ2v) is 9.12. The molecule has 0 aliphatic heterocycles. The molecule has 0 spiro atoms. The molecule has 0 aliphatic rings. The minimum absolute atomic E-state index is 0.0299. The molecule has 7 nitrogen and oxygen atoms in total. The first-order valence-electron chi connectivity index (χ1n) is 7.07. The lowest BCUT2D eigenvalue weighted by Gasteiger charge is -2.19. The molecule has 0 saturated carbocycles. The van der Waals surface area contributed by atoms with Crippen LogP contribution in [0, 0.1) is 0 Å². The molecule has 3 N–H and O–H groups in total. The summed E-state index contributed by atoms with van der Waals surface area (Å²) in [5.74, 6) is -1.39. The lowest BCUT2D eigenvalue weighted by Crippen LogP contribution is -2.43. The molecule has 0 fully saturated rings. The lowest BCUT2D eigenvalue weighted by molar-refractivity contribution is -0.127. The maximum absolute atomic E-state index is 12.4. The van der Waals surface area contributed by atoms with Crippen molar-refractivity contribution in [3.8, 4) is 0 Å². The number of carbonyl (C=O) groups is 2. The van der Waals surface area contributed by atoms with Gasteiger partial charge in [-0.05, 0) is 17.7 Å². The first-order chi connectivity index (χ1) is 11.7. The van der Waals surface area contributed by atoms with Gasteiger partial charge in [-0.15, -0.1) is 11.3 Å². The summed E-state index contributed by atoms with van der Waals surface area (Å²) in [4.78, 5) is 23.8. The van der Waals surface area contributed by atoms with Crippen LogP contribution in [0.1, 0.15) is 11.6 Å². The molecule has 10 heteroatoms. The normalized spacial score (nSPS) is 12.8. The van der Waals surface area contributed by atoms with E-state index in [2.05, 4.69) is 5.32 Å². The maximum Gasteiger partial charge on any atom is 0.252 e. The van der Waals surface area contributed by atoms with E-state index in [1.54, 1.807) is 30.3 Å². The number of hydrogen-bond donors (Lipinski definition) is 2. The van der Waals surface area contributed by atoms with Crippen molar-refractivity contribution in [2.24, 2.45) is 5.73 Å². The Morgan fingerprint density at radius 3 is 2.40 bits per heavy atom. The van der Waals surface area contributed by atoms with Crippen LogP contribution in [-0.4, -0.2) is 38.1 Å². The zero-order valence-corrected chi connectivity index (χ0v) is 15.6. The average molecular weight is 402 g/mol. The third-order valence-corrected chi connectivity index (χ3v) is 6.80. The van der Waals surface area contributed by atoms with Gasteiger partial charge >= 0.3 is 0 Å². The summed E-state index contributed by atoms with van der Waals surface area (Å²) in [7, 11) is -2.58. The average Bonchev–Trinajstić information content (AvgIpc) is 3.00. The van der Waals surface area contributed by atoms with E-state index >= 15 is 0 Å². The Kier molecular flexibility index (Phi) is 6.17. The summed E-state index contributed by atoms with van der Waals surface area (Å²) in [5, 5.41) is 2.45. The number of nitrogens with zero attached hydrogens (tertiary/aromatic N) is 1. The fourth-order valence-corrected chi connectivity index (χ4v) is 4.87. The Hall–Kier alpha value is -1.94. The smallest absolute Gasteiger partial charge is 0.252 e. The van der Waals surface area contributed by atoms with Crippen molar-refractivity contribution in [3.05, 3.63) is 52.4 Å². The van der Waals surface area contributed by atoms with Crippen LogP contribution in [0.2, 0.25) is 4.34 Å². The van der Waals surface area contributed by atoms with Crippen molar-refractivity contribution in [1.29, 1.82) is 0 Å². The summed E-state index contributed by atoms with van der Waals surface area (Å²) in [6.07, 6.45) is 0. The minimum Gasteiger partial charge on any atom is -0.368 e. The Balaban J connectivity index is 2.09. The van der Waals surface area contributed by atoms with Gasteiger partial charge in [-0.1, -0.05) is 41.9 Å². The number of likely N-dealkylation sites (N-methyl/N-ethyl adjacent to an activating group) is 1. The maximum atomic E-state index is 12.4. The predicted octanol–water partition coefficient (Wildman–Crippen LogP) is 1.36. The van der Waals surface area contributed by atoms with Gasteiger partial charge in [0.05, 0.1) is 10.9 Å². The van der Waals surface area contributed by atoms with E-state index in [1.807, 2.05) is 0 Å². The zero-order chi connectivity index (χ0) is 18.6. The molecule has 0 aliphatic carbocycles. The van der Waals surface area contributed by atoms with E-state index in [-0.39, 0.29) is 4.21 Å². The van der Waals surface area contributed by atoms with Crippen LogP contribution in [0.15, 0.2) is 46.7 Å². The number of thiophene rings is 1. The molecule has 0 radical (unpaired) electrons. The summed E-state index contributed by atoms with van der Waals surface area (Å²) < 4.78 is 26.0. The molecule has 134 valence electrons. The third kappa shape index (κ3) is 4.79. The molecule has 25 heavy (non-hydrogen) atoms. The van der Waals surface area contributed by atoms with Crippen LogP contribution in [0.25, 0.3) is 0 Å². The van der Waals surface area contributed by atoms with Crippen molar-refractivity contribution in [1.82, 2.24) is 9.62 Å². The Morgan fingerprint density at radius 2 is 1.88 bits per heavy atom. The van der Waals surface area contributed by atoms with Gasteiger partial charge in [0.2, 0.25) is 11.8 Å². The number of rotatable bonds is 7. The first kappa shape index (κ1) is 19.4. The fourth-order valence-electron chi connectivity index (χ4n) is 2.05. The van der Waals surface area contributed by atoms with Crippen molar-refractivity contribution < 1.29 is 18.0 Å². The number of nitrogens with one attached hydrogen (secondary N) is 1. The minimum atomic E-state index is -3.84. The van der Waals surface area contributed by atoms with Crippen LogP contribution in [0.5, 0.6) is 0 Å². The topological polar surface area (TPSA) is 110 Å². The fraction of sp³-hybridized carbons (Fsp3) is 0.200. The molecule has 1 aromatic heterocycles. The monoisotopic (exact) mass is 401 g/mol. The summed E-state index contributed by atoms with van der Waals surface area (Å²) in [5.41, 5.74) is 5.84. The van der Waals surface area contributed by atoms with Gasteiger partial charge < -0.3 is 11.1 Å². The molecule has 1 atom stereocenters. The standard InChI is InChI=1S/C15H16ClN3O4S2/c1-19(25(22,23)13-8-7-11(16)24-13)9-12(20)18-14(15(17)21)10-5-3-2-4-6-10/h2-8,14H,9H2,1H3,(H2,17,21)(H,18,20)/t14-/m1/s1. The number of halogens is 1. The number of carbonyl (C=O) groups excluding carboxylic acids is 2. The van der Waals surface area contributed by atoms with E-state index in [9.17, 15) is 18.0 Å². The van der Waals surface area contributed by atoms with Gasteiger partial charge in [0.25, 0.3) is 10.0 Å². The van der Waals surface area contributed by atoms with Gasteiger partial charge in [-0.25, -0.2) is 8.42 Å². The highest BCUT2D eigenvalue weighted by atomic mass is 35.5. The molecule has 2 amide bonds. The highest BCUT2D eigenvalue weighted by molar-refractivity contribution is 7.91. The first-order valence-corrected chi connectivity index (χ1v) is 9.70. The molecular formula is C15H16ClN3O4S2. The number of hydrogen-bond acceptors (Lipinski definition) is 5. The molecule has 0 saturated heterocycles. The largest absolute Gasteiger partial charge is 0.368 e. The van der Waals surface area contributed by atoms with Crippen LogP contribution >= 0.6 is 22.9 Å². The molecule has 0 bridgehead atoms. The zero-order valence-electron chi connectivity index (χ0n) is 13.2. The quantitative estimate of drug-likeness (QED) is 0.729. The number of primary amides is 1. The van der Waals surface area contributed by atoms with Gasteiger partial charge in [-0.2, -0.15) is 4.31 Å². The Bertz CT molecular complexity index is 868. The number of sulfonamides is 1. The van der Waals surface area contributed by atoms with Crippen molar-refractivity contribution >= 4 is 44.8 Å². The molecule has 1 heterocycles. The van der Waals surface area contributed by atoms with E-state index in [0.29, 0.717) is 9.90 Å². The van der Waals surface area contributed by atoms with Crippen LogP contribution < -0.4 is 11.1 Å². The number of nitrogens with two attached hydrogens (primary N) is 1. The number of amides is 2. The lowest BCUT2D eigenvalue weighted by atomic mass is 10.1. The van der Waals surface area contributed by atoms with E-state index in [0.717, 1.165) is 15.6 Å². The van der Waals surface area contributed by atoms with Gasteiger partial charge in [0, 0.05) is 7.05 Å². The molecule has 0 unspecified atom stereocenters.